The Hall–Kier alpha value is -2.04. The molecule has 5 atom stereocenters. The molecule has 0 aromatic carbocycles. The zero-order chi connectivity index (χ0) is 28.6. The number of nitrogens with one attached hydrogen (secondary N) is 1. The van der Waals surface area contributed by atoms with Crippen molar-refractivity contribution in [3.05, 3.63) is 11.9 Å². The van der Waals surface area contributed by atoms with Crippen LogP contribution in [0, 0.1) is 5.41 Å². The molecule has 0 spiro atoms. The van der Waals surface area contributed by atoms with E-state index in [4.69, 9.17) is 4.74 Å². The number of amides is 2. The van der Waals surface area contributed by atoms with Crippen LogP contribution in [0.25, 0.3) is 0 Å². The second-order valence-electron chi connectivity index (χ2n) is 12.5. The summed E-state index contributed by atoms with van der Waals surface area (Å²) in [6.07, 6.45) is 12.4. The SMILES string of the molecule is CCCCCCCCCN1CC(c2cn([C@H](C(=O)N3C[C@H](O)C[C@H]3C(=O)NC)C(C)(C)C)nn2)CCC1OC. The quantitative estimate of drug-likeness (QED) is 0.363. The number of likely N-dealkylation sites (N-methyl/N-ethyl adjacent to an activating group) is 1. The maximum Gasteiger partial charge on any atom is 0.248 e. The molecular weight excluding hydrogens is 496 g/mol. The molecule has 2 amide bonds. The minimum atomic E-state index is -0.721. The van der Waals surface area contributed by atoms with E-state index in [0.29, 0.717) is 0 Å². The van der Waals surface area contributed by atoms with Gasteiger partial charge in [0.15, 0.2) is 0 Å². The van der Waals surface area contributed by atoms with Gasteiger partial charge >= 0.3 is 0 Å². The summed E-state index contributed by atoms with van der Waals surface area (Å²) in [7, 11) is 3.34. The fraction of sp³-hybridized carbons (Fsp3) is 0.862. The lowest BCUT2D eigenvalue weighted by atomic mass is 9.85. The first-order chi connectivity index (χ1) is 18.6. The Balaban J connectivity index is 1.69. The van der Waals surface area contributed by atoms with E-state index in [2.05, 4.69) is 27.5 Å². The molecule has 10 nitrogen and oxygen atoms in total. The van der Waals surface area contributed by atoms with Crippen molar-refractivity contribution in [2.45, 2.75) is 122 Å². The van der Waals surface area contributed by atoms with Crippen LogP contribution in [0.5, 0.6) is 0 Å². The Morgan fingerprint density at radius 3 is 2.46 bits per heavy atom. The lowest BCUT2D eigenvalue weighted by Crippen LogP contribution is -2.49. The number of aliphatic hydroxyl groups excluding tert-OH is 1. The second-order valence-corrected chi connectivity index (χ2v) is 12.5. The maximum atomic E-state index is 13.8. The average Bonchev–Trinajstić information content (AvgIpc) is 3.54. The van der Waals surface area contributed by atoms with E-state index >= 15 is 0 Å². The van der Waals surface area contributed by atoms with Crippen LogP contribution in [0.15, 0.2) is 6.20 Å². The van der Waals surface area contributed by atoms with Gasteiger partial charge in [-0.2, -0.15) is 0 Å². The monoisotopic (exact) mass is 548 g/mol. The normalized spacial score (nSPS) is 25.2. The van der Waals surface area contributed by atoms with E-state index < -0.39 is 23.6 Å². The number of carbonyl (C=O) groups excluding carboxylic acids is 2. The fourth-order valence-corrected chi connectivity index (χ4v) is 6.15. The van der Waals surface area contributed by atoms with Crippen LogP contribution >= 0.6 is 0 Å². The number of aliphatic hydroxyl groups is 1. The predicted molar refractivity (Wildman–Crippen MR) is 151 cm³/mol. The second kappa shape index (κ2) is 14.6. The number of ether oxygens (including phenoxy) is 1. The Morgan fingerprint density at radius 1 is 1.13 bits per heavy atom. The van der Waals surface area contributed by atoms with Crippen molar-refractivity contribution in [1.29, 1.82) is 0 Å². The third-order valence-corrected chi connectivity index (χ3v) is 8.32. The lowest BCUT2D eigenvalue weighted by molar-refractivity contribution is -0.144. The van der Waals surface area contributed by atoms with Crippen molar-refractivity contribution >= 4 is 11.8 Å². The summed E-state index contributed by atoms with van der Waals surface area (Å²) in [5.74, 6) is -0.256. The molecule has 3 heterocycles. The molecule has 1 aromatic rings. The molecule has 222 valence electrons. The molecular formula is C29H52N6O4. The van der Waals surface area contributed by atoms with Crippen LogP contribution in [0.2, 0.25) is 0 Å². The maximum absolute atomic E-state index is 13.8. The van der Waals surface area contributed by atoms with Crippen molar-refractivity contribution < 1.29 is 19.4 Å². The molecule has 1 aromatic heterocycles. The summed E-state index contributed by atoms with van der Waals surface area (Å²) in [4.78, 5) is 30.2. The molecule has 0 saturated carbocycles. The number of hydrogen-bond acceptors (Lipinski definition) is 7. The highest BCUT2D eigenvalue weighted by molar-refractivity contribution is 5.90. The van der Waals surface area contributed by atoms with Gasteiger partial charge in [-0.15, -0.1) is 5.10 Å². The Bertz CT molecular complexity index is 916. The van der Waals surface area contributed by atoms with Gasteiger partial charge in [0.1, 0.15) is 18.3 Å². The van der Waals surface area contributed by atoms with E-state index in [9.17, 15) is 14.7 Å². The van der Waals surface area contributed by atoms with Crippen molar-refractivity contribution in [2.24, 2.45) is 5.41 Å². The molecule has 0 aliphatic carbocycles. The number of rotatable bonds is 13. The molecule has 2 aliphatic heterocycles. The summed E-state index contributed by atoms with van der Waals surface area (Å²) < 4.78 is 7.48. The first kappa shape index (κ1) is 31.5. The number of β-amino-alcohol motifs (C(OH)–C–C–N with tert-alkyl or cyclic N) is 1. The fourth-order valence-electron chi connectivity index (χ4n) is 6.15. The molecule has 39 heavy (non-hydrogen) atoms. The van der Waals surface area contributed by atoms with Crippen molar-refractivity contribution in [3.8, 4) is 0 Å². The highest BCUT2D eigenvalue weighted by atomic mass is 16.5. The highest BCUT2D eigenvalue weighted by Gasteiger charge is 2.45. The van der Waals surface area contributed by atoms with Gasteiger partial charge in [0, 0.05) is 52.3 Å². The number of likely N-dealkylation sites (tertiary alicyclic amines) is 2. The minimum absolute atomic E-state index is 0.128. The van der Waals surface area contributed by atoms with Gasteiger partial charge in [0.25, 0.3) is 0 Å². The topological polar surface area (TPSA) is 113 Å². The summed E-state index contributed by atoms with van der Waals surface area (Å²) >= 11 is 0. The third-order valence-electron chi connectivity index (χ3n) is 8.32. The summed E-state index contributed by atoms with van der Waals surface area (Å²) in [5, 5.41) is 21.9. The van der Waals surface area contributed by atoms with E-state index in [1.807, 2.05) is 27.0 Å². The minimum Gasteiger partial charge on any atom is -0.391 e. The van der Waals surface area contributed by atoms with Crippen LogP contribution in [-0.2, 0) is 14.3 Å². The largest absolute Gasteiger partial charge is 0.391 e. The highest BCUT2D eigenvalue weighted by Crippen LogP contribution is 2.36. The van der Waals surface area contributed by atoms with Crippen LogP contribution in [0.1, 0.15) is 110 Å². The number of carbonyl (C=O) groups is 2. The van der Waals surface area contributed by atoms with E-state index in [0.717, 1.165) is 31.6 Å². The van der Waals surface area contributed by atoms with Gasteiger partial charge in [-0.1, -0.05) is 71.4 Å². The smallest absolute Gasteiger partial charge is 0.248 e. The van der Waals surface area contributed by atoms with Crippen LogP contribution in [0.3, 0.4) is 0 Å². The Labute approximate surface area is 234 Å². The van der Waals surface area contributed by atoms with Gasteiger partial charge in [-0.3, -0.25) is 14.5 Å². The third kappa shape index (κ3) is 8.24. The van der Waals surface area contributed by atoms with Gasteiger partial charge in [0.2, 0.25) is 11.8 Å². The van der Waals surface area contributed by atoms with Gasteiger partial charge in [-0.25, -0.2) is 4.68 Å². The molecule has 0 bridgehead atoms. The van der Waals surface area contributed by atoms with Gasteiger partial charge in [0.05, 0.1) is 11.8 Å². The molecule has 2 saturated heterocycles. The summed E-state index contributed by atoms with van der Waals surface area (Å²) in [5.41, 5.74) is 0.417. The first-order valence-electron chi connectivity index (χ1n) is 15.0. The number of nitrogens with zero attached hydrogens (tertiary/aromatic N) is 5. The number of piperidine rings is 1. The van der Waals surface area contributed by atoms with E-state index in [1.54, 1.807) is 18.8 Å². The van der Waals surface area contributed by atoms with Gasteiger partial charge < -0.3 is 20.1 Å². The van der Waals surface area contributed by atoms with Crippen LogP contribution in [-0.4, -0.2) is 93.9 Å². The molecule has 2 aliphatic rings. The molecule has 2 unspecified atom stereocenters. The standard InChI is InChI=1S/C29H52N6O4/c1-7-8-9-10-11-12-13-16-33-18-21(14-15-25(33)39-6)23-20-35(32-31-23)26(29(2,3)4)28(38)34-19-22(36)17-24(34)27(37)30-5/h20-22,24-26,36H,7-19H2,1-6H3,(H,30,37)/t21?,22-,24+,25?,26-/m1/s1. The molecule has 2 N–H and O–H groups in total. The number of unbranched alkanes of at least 4 members (excludes halogenated alkanes) is 6. The van der Waals surface area contributed by atoms with Crippen LogP contribution in [0.4, 0.5) is 0 Å². The first-order valence-corrected chi connectivity index (χ1v) is 15.0. The number of aromatic nitrogens is 3. The molecule has 2 fully saturated rings. The Morgan fingerprint density at radius 2 is 1.82 bits per heavy atom. The molecule has 0 radical (unpaired) electrons. The number of methoxy groups -OCH3 is 1. The van der Waals surface area contributed by atoms with Crippen molar-refractivity contribution in [1.82, 2.24) is 30.1 Å². The van der Waals surface area contributed by atoms with Gasteiger partial charge in [-0.05, 0) is 24.7 Å². The summed E-state index contributed by atoms with van der Waals surface area (Å²) in [6, 6.07) is -1.33. The predicted octanol–water partition coefficient (Wildman–Crippen LogP) is 3.48. The van der Waals surface area contributed by atoms with E-state index in [-0.39, 0.29) is 36.9 Å². The van der Waals surface area contributed by atoms with Crippen LogP contribution < -0.4 is 5.32 Å². The zero-order valence-corrected chi connectivity index (χ0v) is 25.1. The Kier molecular flexibility index (Phi) is 11.7. The average molecular weight is 549 g/mol. The molecule has 3 rings (SSSR count). The zero-order valence-electron chi connectivity index (χ0n) is 25.1. The molecule has 10 heteroatoms. The van der Waals surface area contributed by atoms with E-state index in [1.165, 1.54) is 49.8 Å². The van der Waals surface area contributed by atoms with Crippen molar-refractivity contribution in [3.63, 3.8) is 0 Å². The van der Waals surface area contributed by atoms with Crippen molar-refractivity contribution in [2.75, 3.05) is 33.8 Å². The number of hydrogen-bond donors (Lipinski definition) is 2. The summed E-state index contributed by atoms with van der Waals surface area (Å²) in [6.45, 7) is 10.2. The lowest BCUT2D eigenvalue weighted by Gasteiger charge is -2.38.